The van der Waals surface area contributed by atoms with Gasteiger partial charge in [0, 0.05) is 18.3 Å². The maximum absolute atomic E-state index is 11.9. The van der Waals surface area contributed by atoms with E-state index in [2.05, 4.69) is 16.0 Å². The Labute approximate surface area is 124 Å². The molecule has 1 atom stereocenters. The predicted octanol–water partition coefficient (Wildman–Crippen LogP) is 2.03. The number of amides is 2. The number of benzene rings is 1. The van der Waals surface area contributed by atoms with Crippen LogP contribution < -0.4 is 16.0 Å². The van der Waals surface area contributed by atoms with Crippen molar-refractivity contribution in [3.8, 4) is 0 Å². The summed E-state index contributed by atoms with van der Waals surface area (Å²) >= 11 is 0. The van der Waals surface area contributed by atoms with Crippen LogP contribution in [0.1, 0.15) is 25.8 Å². The SMILES string of the molecule is CNCc1cccc(NC(=O)NC(CC(=O)O)C(C)C)c1. The largest absolute Gasteiger partial charge is 0.481 e. The summed E-state index contributed by atoms with van der Waals surface area (Å²) in [4.78, 5) is 22.7. The number of nitrogens with one attached hydrogen (secondary N) is 3. The molecule has 0 aliphatic carbocycles. The monoisotopic (exact) mass is 293 g/mol. The quantitative estimate of drug-likeness (QED) is 0.619. The highest BCUT2D eigenvalue weighted by molar-refractivity contribution is 5.89. The van der Waals surface area contributed by atoms with Gasteiger partial charge in [0.1, 0.15) is 0 Å². The molecule has 4 N–H and O–H groups in total. The third kappa shape index (κ3) is 6.27. The highest BCUT2D eigenvalue weighted by atomic mass is 16.4. The smallest absolute Gasteiger partial charge is 0.319 e. The van der Waals surface area contributed by atoms with E-state index in [1.807, 2.05) is 39.1 Å². The fourth-order valence-electron chi connectivity index (χ4n) is 1.94. The minimum atomic E-state index is -0.926. The lowest BCUT2D eigenvalue weighted by molar-refractivity contribution is -0.137. The van der Waals surface area contributed by atoms with Gasteiger partial charge in [0.15, 0.2) is 0 Å². The molecule has 1 aromatic carbocycles. The van der Waals surface area contributed by atoms with Crippen LogP contribution in [-0.4, -0.2) is 30.2 Å². The molecule has 0 radical (unpaired) electrons. The average molecular weight is 293 g/mol. The molecule has 2 amide bonds. The lowest BCUT2D eigenvalue weighted by Crippen LogP contribution is -2.42. The number of hydrogen-bond donors (Lipinski definition) is 4. The van der Waals surface area contributed by atoms with E-state index < -0.39 is 18.0 Å². The van der Waals surface area contributed by atoms with Crippen molar-refractivity contribution >= 4 is 17.7 Å². The molecular formula is C15H23N3O3. The highest BCUT2D eigenvalue weighted by Gasteiger charge is 2.19. The summed E-state index contributed by atoms with van der Waals surface area (Å²) in [6.45, 7) is 4.47. The van der Waals surface area contributed by atoms with Crippen LogP contribution in [0.3, 0.4) is 0 Å². The molecule has 116 valence electrons. The summed E-state index contributed by atoms with van der Waals surface area (Å²) in [5.41, 5.74) is 1.74. The Morgan fingerprint density at radius 1 is 1.29 bits per heavy atom. The Morgan fingerprint density at radius 3 is 2.57 bits per heavy atom. The van der Waals surface area contributed by atoms with Crippen LogP contribution in [0.25, 0.3) is 0 Å². The molecule has 0 aliphatic rings. The number of anilines is 1. The third-order valence-electron chi connectivity index (χ3n) is 3.08. The fraction of sp³-hybridized carbons (Fsp3) is 0.467. The predicted molar refractivity (Wildman–Crippen MR) is 82.2 cm³/mol. The number of carbonyl (C=O) groups is 2. The zero-order valence-corrected chi connectivity index (χ0v) is 12.6. The van der Waals surface area contributed by atoms with Crippen LogP contribution in [0.5, 0.6) is 0 Å². The van der Waals surface area contributed by atoms with E-state index in [9.17, 15) is 9.59 Å². The maximum Gasteiger partial charge on any atom is 0.319 e. The van der Waals surface area contributed by atoms with Crippen molar-refractivity contribution in [1.82, 2.24) is 10.6 Å². The van der Waals surface area contributed by atoms with Gasteiger partial charge in [0.05, 0.1) is 6.42 Å². The summed E-state index contributed by atoms with van der Waals surface area (Å²) in [5, 5.41) is 17.3. The van der Waals surface area contributed by atoms with Crippen LogP contribution >= 0.6 is 0 Å². The average Bonchev–Trinajstić information content (AvgIpc) is 2.38. The van der Waals surface area contributed by atoms with Crippen molar-refractivity contribution in [2.75, 3.05) is 12.4 Å². The van der Waals surface area contributed by atoms with Crippen molar-refractivity contribution in [3.05, 3.63) is 29.8 Å². The van der Waals surface area contributed by atoms with Gasteiger partial charge in [0.2, 0.25) is 0 Å². The zero-order chi connectivity index (χ0) is 15.8. The number of rotatable bonds is 7. The molecule has 0 fully saturated rings. The van der Waals surface area contributed by atoms with E-state index in [0.29, 0.717) is 12.2 Å². The van der Waals surface area contributed by atoms with Crippen LogP contribution in [0.2, 0.25) is 0 Å². The minimum Gasteiger partial charge on any atom is -0.481 e. The summed E-state index contributed by atoms with van der Waals surface area (Å²) in [6, 6.07) is 6.69. The molecule has 6 heteroatoms. The van der Waals surface area contributed by atoms with Crippen LogP contribution in [0, 0.1) is 5.92 Å². The third-order valence-corrected chi connectivity index (χ3v) is 3.08. The normalized spacial score (nSPS) is 12.0. The van der Waals surface area contributed by atoms with Crippen molar-refractivity contribution < 1.29 is 14.7 Å². The molecule has 1 unspecified atom stereocenters. The van der Waals surface area contributed by atoms with E-state index in [1.165, 1.54) is 0 Å². The fourth-order valence-corrected chi connectivity index (χ4v) is 1.94. The van der Waals surface area contributed by atoms with E-state index >= 15 is 0 Å². The highest BCUT2D eigenvalue weighted by Crippen LogP contribution is 2.11. The van der Waals surface area contributed by atoms with Gasteiger partial charge in [-0.1, -0.05) is 26.0 Å². The number of carboxylic acid groups (broad SMARTS) is 1. The second-order valence-corrected chi connectivity index (χ2v) is 5.28. The van der Waals surface area contributed by atoms with Gasteiger partial charge in [-0.3, -0.25) is 4.79 Å². The Morgan fingerprint density at radius 2 is 2.00 bits per heavy atom. The molecule has 0 aliphatic heterocycles. The molecule has 0 saturated carbocycles. The minimum absolute atomic E-state index is 0.0440. The Hall–Kier alpha value is -2.08. The van der Waals surface area contributed by atoms with Gasteiger partial charge in [-0.25, -0.2) is 4.79 Å². The standard InChI is InChI=1S/C15H23N3O3/c1-10(2)13(8-14(19)20)18-15(21)17-12-6-4-5-11(7-12)9-16-3/h4-7,10,13,16H,8-9H2,1-3H3,(H,19,20)(H2,17,18,21). The van der Waals surface area contributed by atoms with Crippen LogP contribution in [0.4, 0.5) is 10.5 Å². The molecule has 21 heavy (non-hydrogen) atoms. The van der Waals surface area contributed by atoms with Gasteiger partial charge >= 0.3 is 12.0 Å². The Kier molecular flexibility index (Phi) is 6.68. The number of hydrogen-bond acceptors (Lipinski definition) is 3. The molecule has 0 saturated heterocycles. The van der Waals surface area contributed by atoms with Gasteiger partial charge in [-0.05, 0) is 30.7 Å². The van der Waals surface area contributed by atoms with Gasteiger partial charge in [-0.15, -0.1) is 0 Å². The molecule has 6 nitrogen and oxygen atoms in total. The maximum atomic E-state index is 11.9. The van der Waals surface area contributed by atoms with E-state index in [4.69, 9.17) is 5.11 Å². The molecule has 0 bridgehead atoms. The second-order valence-electron chi connectivity index (χ2n) is 5.28. The summed E-state index contributed by atoms with van der Waals surface area (Å²) in [6.07, 6.45) is -0.0924. The lowest BCUT2D eigenvalue weighted by Gasteiger charge is -2.21. The van der Waals surface area contributed by atoms with Crippen molar-refractivity contribution in [1.29, 1.82) is 0 Å². The molecule has 0 spiro atoms. The van der Waals surface area contributed by atoms with E-state index in [-0.39, 0.29) is 12.3 Å². The Bertz CT molecular complexity index is 489. The summed E-state index contributed by atoms with van der Waals surface area (Å²) in [5.74, 6) is -0.882. The number of urea groups is 1. The molecule has 0 heterocycles. The van der Waals surface area contributed by atoms with Gasteiger partial charge in [-0.2, -0.15) is 0 Å². The molecular weight excluding hydrogens is 270 g/mol. The van der Waals surface area contributed by atoms with Crippen LogP contribution in [0.15, 0.2) is 24.3 Å². The number of carboxylic acids is 1. The second kappa shape index (κ2) is 8.26. The first-order valence-electron chi connectivity index (χ1n) is 6.95. The topological polar surface area (TPSA) is 90.5 Å². The van der Waals surface area contributed by atoms with Gasteiger partial charge in [0.25, 0.3) is 0 Å². The van der Waals surface area contributed by atoms with Crippen molar-refractivity contribution in [2.24, 2.45) is 5.92 Å². The van der Waals surface area contributed by atoms with E-state index in [1.54, 1.807) is 6.07 Å². The van der Waals surface area contributed by atoms with Gasteiger partial charge < -0.3 is 21.1 Å². The zero-order valence-electron chi connectivity index (χ0n) is 12.6. The first kappa shape index (κ1) is 17.0. The molecule has 1 aromatic rings. The first-order chi connectivity index (χ1) is 9.92. The number of carbonyl (C=O) groups excluding carboxylic acids is 1. The van der Waals surface area contributed by atoms with Crippen molar-refractivity contribution in [3.63, 3.8) is 0 Å². The Balaban J connectivity index is 2.63. The molecule has 0 aromatic heterocycles. The molecule has 1 rings (SSSR count). The summed E-state index contributed by atoms with van der Waals surface area (Å²) in [7, 11) is 1.85. The summed E-state index contributed by atoms with van der Waals surface area (Å²) < 4.78 is 0. The lowest BCUT2D eigenvalue weighted by atomic mass is 10.0. The van der Waals surface area contributed by atoms with Crippen LogP contribution in [-0.2, 0) is 11.3 Å². The van der Waals surface area contributed by atoms with E-state index in [0.717, 1.165) is 5.56 Å². The number of aliphatic carboxylic acids is 1. The van der Waals surface area contributed by atoms with Crippen molar-refractivity contribution in [2.45, 2.75) is 32.9 Å². The first-order valence-corrected chi connectivity index (χ1v) is 6.95.